The summed E-state index contributed by atoms with van der Waals surface area (Å²) in [6, 6.07) is 2.81. The molecule has 0 aliphatic heterocycles. The van der Waals surface area contributed by atoms with E-state index in [1.54, 1.807) is 20.8 Å². The summed E-state index contributed by atoms with van der Waals surface area (Å²) in [5.74, 6) is -1.58. The molecule has 0 aliphatic rings. The summed E-state index contributed by atoms with van der Waals surface area (Å²) in [6.07, 6.45) is 0. The summed E-state index contributed by atoms with van der Waals surface area (Å²) < 4.78 is 0. The van der Waals surface area contributed by atoms with Gasteiger partial charge in [-0.15, -0.1) is 0 Å². The van der Waals surface area contributed by atoms with Gasteiger partial charge in [0, 0.05) is 5.41 Å². The van der Waals surface area contributed by atoms with Gasteiger partial charge in [0.15, 0.2) is 0 Å². The van der Waals surface area contributed by atoms with Gasteiger partial charge in [-0.2, -0.15) is 0 Å². The highest BCUT2D eigenvalue weighted by atomic mass is 35.5. The number of carbonyl (C=O) groups is 2. The lowest BCUT2D eigenvalue weighted by molar-refractivity contribution is -0.123. The minimum Gasteiger partial charge on any atom is -0.478 e. The average Bonchev–Trinajstić information content (AvgIpc) is 2.21. The number of anilines is 1. The third-order valence-electron chi connectivity index (χ3n) is 2.24. The summed E-state index contributed by atoms with van der Waals surface area (Å²) in [5.41, 5.74) is -0.847. The van der Waals surface area contributed by atoms with E-state index in [4.69, 9.17) is 28.3 Å². The molecule has 1 aromatic carbocycles. The number of benzene rings is 1. The number of amides is 1. The van der Waals surface area contributed by atoms with Crippen LogP contribution in [0.5, 0.6) is 0 Å². The van der Waals surface area contributed by atoms with Crippen LogP contribution in [0.25, 0.3) is 0 Å². The van der Waals surface area contributed by atoms with Crippen LogP contribution in [0, 0.1) is 5.41 Å². The summed E-state index contributed by atoms with van der Waals surface area (Å²) in [4.78, 5) is 23.0. The Kier molecular flexibility index (Phi) is 4.24. The fraction of sp³-hybridized carbons (Fsp3) is 0.333. The van der Waals surface area contributed by atoms with Crippen molar-refractivity contribution in [3.05, 3.63) is 27.7 Å². The Hall–Kier alpha value is -1.26. The van der Waals surface area contributed by atoms with Crippen LogP contribution in [0.1, 0.15) is 31.1 Å². The van der Waals surface area contributed by atoms with Crippen LogP contribution in [-0.4, -0.2) is 17.0 Å². The normalized spacial score (nSPS) is 11.2. The monoisotopic (exact) mass is 289 g/mol. The quantitative estimate of drug-likeness (QED) is 0.873. The van der Waals surface area contributed by atoms with Crippen LogP contribution in [0.4, 0.5) is 5.69 Å². The maximum Gasteiger partial charge on any atom is 0.339 e. The van der Waals surface area contributed by atoms with Crippen molar-refractivity contribution in [3.8, 4) is 0 Å². The molecule has 2 N–H and O–H groups in total. The van der Waals surface area contributed by atoms with Crippen molar-refractivity contribution in [2.75, 3.05) is 5.32 Å². The lowest BCUT2D eigenvalue weighted by atomic mass is 9.95. The van der Waals surface area contributed by atoms with Crippen molar-refractivity contribution >= 4 is 40.8 Å². The van der Waals surface area contributed by atoms with Crippen molar-refractivity contribution < 1.29 is 14.7 Å². The summed E-state index contributed by atoms with van der Waals surface area (Å²) >= 11 is 11.7. The average molecular weight is 290 g/mol. The number of aromatic carboxylic acids is 1. The molecule has 18 heavy (non-hydrogen) atoms. The minimum atomic E-state index is -1.24. The van der Waals surface area contributed by atoms with Crippen LogP contribution < -0.4 is 5.32 Å². The van der Waals surface area contributed by atoms with Gasteiger partial charge in [0.1, 0.15) is 5.56 Å². The molecule has 0 heterocycles. The fourth-order valence-electron chi connectivity index (χ4n) is 1.18. The number of carboxylic acid groups (broad SMARTS) is 1. The van der Waals surface area contributed by atoms with E-state index in [1.165, 1.54) is 12.1 Å². The van der Waals surface area contributed by atoms with Crippen LogP contribution in [-0.2, 0) is 4.79 Å². The van der Waals surface area contributed by atoms with Crippen molar-refractivity contribution in [2.24, 2.45) is 5.41 Å². The zero-order valence-electron chi connectivity index (χ0n) is 10.2. The Morgan fingerprint density at radius 3 is 2.11 bits per heavy atom. The Balaban J connectivity index is 3.28. The topological polar surface area (TPSA) is 66.4 Å². The van der Waals surface area contributed by atoms with E-state index in [0.717, 1.165) is 0 Å². The van der Waals surface area contributed by atoms with E-state index in [2.05, 4.69) is 5.32 Å². The lowest BCUT2D eigenvalue weighted by Crippen LogP contribution is -2.28. The summed E-state index contributed by atoms with van der Waals surface area (Å²) in [5, 5.41) is 11.8. The third kappa shape index (κ3) is 3.15. The first-order valence-electron chi connectivity index (χ1n) is 5.17. The van der Waals surface area contributed by atoms with Crippen LogP contribution in [0.3, 0.4) is 0 Å². The Bertz CT molecular complexity index is 507. The number of halogens is 2. The smallest absolute Gasteiger partial charge is 0.339 e. The molecule has 0 spiro atoms. The molecule has 0 bridgehead atoms. The standard InChI is InChI=1S/C12H13Cl2NO3/c1-12(2,3)11(18)15-9-7(14)5-4-6(13)8(9)10(16)17/h4-5H,1-3H3,(H,15,18)(H,16,17). The van der Waals surface area contributed by atoms with Crippen molar-refractivity contribution in [3.63, 3.8) is 0 Å². The molecular weight excluding hydrogens is 277 g/mol. The predicted molar refractivity (Wildman–Crippen MR) is 71.5 cm³/mol. The van der Waals surface area contributed by atoms with Gasteiger partial charge in [-0.05, 0) is 12.1 Å². The van der Waals surface area contributed by atoms with Gasteiger partial charge in [-0.25, -0.2) is 4.79 Å². The number of rotatable bonds is 2. The molecule has 1 aromatic rings. The maximum atomic E-state index is 11.9. The molecule has 4 nitrogen and oxygen atoms in total. The van der Waals surface area contributed by atoms with E-state index < -0.39 is 11.4 Å². The minimum absolute atomic E-state index is 0.0242. The van der Waals surface area contributed by atoms with Crippen LogP contribution in [0.15, 0.2) is 12.1 Å². The molecule has 0 aromatic heterocycles. The molecule has 0 saturated carbocycles. The van der Waals surface area contributed by atoms with Gasteiger partial charge in [-0.3, -0.25) is 4.79 Å². The van der Waals surface area contributed by atoms with Crippen molar-refractivity contribution in [1.82, 2.24) is 0 Å². The highest BCUT2D eigenvalue weighted by molar-refractivity contribution is 6.38. The second kappa shape index (κ2) is 5.16. The number of hydrogen-bond acceptors (Lipinski definition) is 2. The van der Waals surface area contributed by atoms with Gasteiger partial charge in [0.25, 0.3) is 0 Å². The molecule has 0 aliphatic carbocycles. The molecule has 0 atom stereocenters. The number of carbonyl (C=O) groups excluding carboxylic acids is 1. The number of hydrogen-bond donors (Lipinski definition) is 2. The Morgan fingerprint density at radius 2 is 1.67 bits per heavy atom. The van der Waals surface area contributed by atoms with Gasteiger partial charge < -0.3 is 10.4 Å². The molecule has 0 unspecified atom stereocenters. The van der Waals surface area contributed by atoms with Crippen LogP contribution >= 0.6 is 23.2 Å². The molecule has 98 valence electrons. The number of nitrogens with one attached hydrogen (secondary N) is 1. The van der Waals surface area contributed by atoms with Crippen molar-refractivity contribution in [1.29, 1.82) is 0 Å². The molecule has 1 rings (SSSR count). The molecule has 6 heteroatoms. The number of carboxylic acids is 1. The fourth-order valence-corrected chi connectivity index (χ4v) is 1.63. The zero-order valence-corrected chi connectivity index (χ0v) is 11.7. The first kappa shape index (κ1) is 14.8. The van der Waals surface area contributed by atoms with Crippen molar-refractivity contribution in [2.45, 2.75) is 20.8 Å². The van der Waals surface area contributed by atoms with Gasteiger partial charge in [-0.1, -0.05) is 44.0 Å². The summed E-state index contributed by atoms with van der Waals surface area (Å²) in [6.45, 7) is 5.13. The lowest BCUT2D eigenvalue weighted by Gasteiger charge is -2.19. The van der Waals surface area contributed by atoms with E-state index in [-0.39, 0.29) is 27.2 Å². The van der Waals surface area contributed by atoms with E-state index in [9.17, 15) is 9.59 Å². The van der Waals surface area contributed by atoms with Crippen LogP contribution in [0.2, 0.25) is 10.0 Å². The highest BCUT2D eigenvalue weighted by Gasteiger charge is 2.25. The highest BCUT2D eigenvalue weighted by Crippen LogP contribution is 2.33. The molecule has 1 amide bonds. The van der Waals surface area contributed by atoms with E-state index >= 15 is 0 Å². The molecule has 0 fully saturated rings. The molecule has 0 radical (unpaired) electrons. The predicted octanol–water partition coefficient (Wildman–Crippen LogP) is 3.68. The van der Waals surface area contributed by atoms with E-state index in [1.807, 2.05) is 0 Å². The zero-order chi connectivity index (χ0) is 14.1. The summed E-state index contributed by atoms with van der Waals surface area (Å²) in [7, 11) is 0. The first-order valence-corrected chi connectivity index (χ1v) is 5.93. The second-order valence-corrected chi connectivity index (χ2v) is 5.60. The van der Waals surface area contributed by atoms with E-state index in [0.29, 0.717) is 0 Å². The van der Waals surface area contributed by atoms with Gasteiger partial charge >= 0.3 is 5.97 Å². The third-order valence-corrected chi connectivity index (χ3v) is 2.87. The SMILES string of the molecule is CC(C)(C)C(=O)Nc1c(Cl)ccc(Cl)c1C(=O)O. The first-order chi connectivity index (χ1) is 8.14. The van der Waals surface area contributed by atoms with Gasteiger partial charge in [0.05, 0.1) is 15.7 Å². The Labute approximate surface area is 115 Å². The Morgan fingerprint density at radius 1 is 1.17 bits per heavy atom. The largest absolute Gasteiger partial charge is 0.478 e. The van der Waals surface area contributed by atoms with Gasteiger partial charge in [0.2, 0.25) is 5.91 Å². The second-order valence-electron chi connectivity index (χ2n) is 4.79. The maximum absolute atomic E-state index is 11.9. The molecule has 0 saturated heterocycles. The molecular formula is C12H13Cl2NO3.